The maximum Gasteiger partial charge on any atom is 0.344 e. The molecule has 0 aliphatic heterocycles. The van der Waals surface area contributed by atoms with E-state index in [-0.39, 0.29) is 22.7 Å². The number of nitrogens with one attached hydrogen (secondary N) is 2. The first kappa shape index (κ1) is 16.6. The second-order valence-corrected chi connectivity index (χ2v) is 7.18. The molecule has 1 amide bonds. The van der Waals surface area contributed by atoms with Gasteiger partial charge < -0.3 is 5.32 Å². The number of thioether (sulfide) groups is 1. The van der Waals surface area contributed by atoms with E-state index in [0.717, 1.165) is 12.8 Å². The molecule has 1 aliphatic rings. The van der Waals surface area contributed by atoms with Crippen molar-refractivity contribution in [2.75, 3.05) is 5.32 Å². The number of aromatic nitrogens is 3. The number of rotatable bonds is 5. The molecular formula is C15H14ClN5O2S. The number of hydrogen-bond donors (Lipinski definition) is 2. The lowest BCUT2D eigenvalue weighted by Crippen LogP contribution is -2.23. The molecule has 1 aliphatic carbocycles. The van der Waals surface area contributed by atoms with E-state index in [1.165, 1.54) is 17.8 Å². The number of halogens is 1. The van der Waals surface area contributed by atoms with Crippen molar-refractivity contribution in [2.24, 2.45) is 0 Å². The Kier molecular flexibility index (Phi) is 4.64. The molecule has 0 saturated heterocycles. The molecule has 1 aromatic heterocycles. The molecule has 2 aromatic rings. The Hall–Kier alpha value is -2.24. The summed E-state index contributed by atoms with van der Waals surface area (Å²) in [6.45, 7) is 1.74. The summed E-state index contributed by atoms with van der Waals surface area (Å²) in [5.41, 5.74) is 0.617. The van der Waals surface area contributed by atoms with Crippen LogP contribution in [0.2, 0.25) is 5.02 Å². The van der Waals surface area contributed by atoms with Gasteiger partial charge in [-0.3, -0.25) is 9.36 Å². The minimum atomic E-state index is -0.452. The molecule has 1 heterocycles. The van der Waals surface area contributed by atoms with Crippen LogP contribution in [-0.4, -0.2) is 25.9 Å². The number of H-pyrrole nitrogens is 1. The Labute approximate surface area is 147 Å². The molecule has 2 N–H and O–H groups in total. The first-order chi connectivity index (χ1) is 11.5. The van der Waals surface area contributed by atoms with E-state index in [1.54, 1.807) is 23.6 Å². The van der Waals surface area contributed by atoms with Gasteiger partial charge in [-0.25, -0.2) is 9.89 Å². The van der Waals surface area contributed by atoms with Gasteiger partial charge in [0.15, 0.2) is 5.16 Å². The first-order valence-corrected chi connectivity index (χ1v) is 8.59. The predicted molar refractivity (Wildman–Crippen MR) is 91.2 cm³/mol. The van der Waals surface area contributed by atoms with Crippen molar-refractivity contribution in [3.63, 3.8) is 0 Å². The second kappa shape index (κ2) is 6.71. The summed E-state index contributed by atoms with van der Waals surface area (Å²) < 4.78 is 1.60. The van der Waals surface area contributed by atoms with E-state index in [1.807, 2.05) is 6.07 Å². The standard InChI is InChI=1S/C15H14ClN5O2S/c1-8(24-15-20-19-14(23)21(15)11-4-5-11)13(22)18-10-3-2-9(7-17)12(16)6-10/h2-3,6,8,11H,4-5H2,1H3,(H,18,22)(H,19,23)/t8-/m0/s1. The van der Waals surface area contributed by atoms with Gasteiger partial charge in [-0.15, -0.1) is 5.10 Å². The van der Waals surface area contributed by atoms with Gasteiger partial charge in [0.05, 0.1) is 15.8 Å². The zero-order valence-corrected chi connectivity index (χ0v) is 14.3. The van der Waals surface area contributed by atoms with Crippen molar-refractivity contribution in [1.82, 2.24) is 14.8 Å². The third-order valence-electron chi connectivity index (χ3n) is 3.59. The fraction of sp³-hybridized carbons (Fsp3) is 0.333. The number of carbonyl (C=O) groups is 1. The minimum Gasteiger partial charge on any atom is -0.325 e. The maximum absolute atomic E-state index is 12.3. The lowest BCUT2D eigenvalue weighted by Gasteiger charge is -2.12. The smallest absolute Gasteiger partial charge is 0.325 e. The summed E-state index contributed by atoms with van der Waals surface area (Å²) >= 11 is 7.18. The average Bonchev–Trinajstić information content (AvgIpc) is 3.31. The second-order valence-electron chi connectivity index (χ2n) is 5.47. The quantitative estimate of drug-likeness (QED) is 0.794. The van der Waals surface area contributed by atoms with Crippen LogP contribution in [0.15, 0.2) is 28.2 Å². The Morgan fingerprint density at radius 1 is 1.58 bits per heavy atom. The molecule has 1 saturated carbocycles. The third kappa shape index (κ3) is 3.47. The number of nitrogens with zero attached hydrogens (tertiary/aromatic N) is 3. The highest BCUT2D eigenvalue weighted by atomic mass is 35.5. The van der Waals surface area contributed by atoms with Crippen LogP contribution in [0.4, 0.5) is 5.69 Å². The van der Waals surface area contributed by atoms with E-state index in [4.69, 9.17) is 16.9 Å². The van der Waals surface area contributed by atoms with Gasteiger partial charge in [-0.1, -0.05) is 23.4 Å². The number of hydrogen-bond acceptors (Lipinski definition) is 5. The van der Waals surface area contributed by atoms with E-state index < -0.39 is 5.25 Å². The fourth-order valence-corrected chi connectivity index (χ4v) is 3.32. The molecule has 7 nitrogen and oxygen atoms in total. The highest BCUT2D eigenvalue weighted by Crippen LogP contribution is 2.36. The lowest BCUT2D eigenvalue weighted by molar-refractivity contribution is -0.115. The number of amides is 1. The van der Waals surface area contributed by atoms with Gasteiger partial charge >= 0.3 is 5.69 Å². The Morgan fingerprint density at radius 3 is 2.96 bits per heavy atom. The molecule has 0 unspecified atom stereocenters. The lowest BCUT2D eigenvalue weighted by atomic mass is 10.2. The molecule has 24 heavy (non-hydrogen) atoms. The Bertz CT molecular complexity index is 881. The van der Waals surface area contributed by atoms with Gasteiger partial charge in [-0.2, -0.15) is 5.26 Å². The maximum atomic E-state index is 12.3. The fourth-order valence-electron chi connectivity index (χ4n) is 2.17. The highest BCUT2D eigenvalue weighted by molar-refractivity contribution is 8.00. The normalized spacial score (nSPS) is 14.9. The molecule has 0 spiro atoms. The van der Waals surface area contributed by atoms with E-state index >= 15 is 0 Å². The van der Waals surface area contributed by atoms with Crippen molar-refractivity contribution in [1.29, 1.82) is 5.26 Å². The van der Waals surface area contributed by atoms with Crippen molar-refractivity contribution < 1.29 is 4.79 Å². The zero-order valence-electron chi connectivity index (χ0n) is 12.7. The number of anilines is 1. The molecule has 1 aromatic carbocycles. The summed E-state index contributed by atoms with van der Waals surface area (Å²) in [7, 11) is 0. The van der Waals surface area contributed by atoms with Crippen LogP contribution < -0.4 is 11.0 Å². The topological polar surface area (TPSA) is 104 Å². The van der Waals surface area contributed by atoms with Crippen LogP contribution in [0.25, 0.3) is 0 Å². The Morgan fingerprint density at radius 2 is 2.33 bits per heavy atom. The van der Waals surface area contributed by atoms with Gasteiger partial charge in [-0.05, 0) is 38.0 Å². The van der Waals surface area contributed by atoms with Crippen molar-refractivity contribution in [3.05, 3.63) is 39.3 Å². The molecule has 9 heteroatoms. The van der Waals surface area contributed by atoms with Gasteiger partial charge in [0.1, 0.15) is 6.07 Å². The Balaban J connectivity index is 1.68. The SMILES string of the molecule is C[C@H](Sc1n[nH]c(=O)n1C1CC1)C(=O)Nc1ccc(C#N)c(Cl)c1. The molecule has 0 radical (unpaired) electrons. The molecule has 3 rings (SSSR count). The van der Waals surface area contributed by atoms with Crippen LogP contribution in [0.3, 0.4) is 0 Å². The van der Waals surface area contributed by atoms with Crippen LogP contribution in [0, 0.1) is 11.3 Å². The molecule has 1 fully saturated rings. The third-order valence-corrected chi connectivity index (χ3v) is 4.97. The monoisotopic (exact) mass is 363 g/mol. The number of aromatic amines is 1. The van der Waals surface area contributed by atoms with E-state index in [2.05, 4.69) is 15.5 Å². The van der Waals surface area contributed by atoms with Crippen molar-refractivity contribution >= 4 is 35.0 Å². The van der Waals surface area contributed by atoms with Crippen LogP contribution >= 0.6 is 23.4 Å². The minimum absolute atomic E-state index is 0.186. The summed E-state index contributed by atoms with van der Waals surface area (Å²) in [4.78, 5) is 24.1. The number of benzene rings is 1. The van der Waals surface area contributed by atoms with Gasteiger partial charge in [0.2, 0.25) is 5.91 Å². The number of carbonyl (C=O) groups excluding carboxylic acids is 1. The van der Waals surface area contributed by atoms with Crippen LogP contribution in [-0.2, 0) is 4.79 Å². The highest BCUT2D eigenvalue weighted by Gasteiger charge is 2.30. The average molecular weight is 364 g/mol. The summed E-state index contributed by atoms with van der Waals surface area (Å²) in [6, 6.07) is 6.85. The largest absolute Gasteiger partial charge is 0.344 e. The van der Waals surface area contributed by atoms with Gasteiger partial charge in [0, 0.05) is 11.7 Å². The van der Waals surface area contributed by atoms with E-state index in [0.29, 0.717) is 16.4 Å². The summed E-state index contributed by atoms with van der Waals surface area (Å²) in [5, 5.41) is 18.4. The molecule has 124 valence electrons. The van der Waals surface area contributed by atoms with Crippen molar-refractivity contribution in [2.45, 2.75) is 36.2 Å². The zero-order chi connectivity index (χ0) is 17.3. The molecular weight excluding hydrogens is 350 g/mol. The number of nitriles is 1. The van der Waals surface area contributed by atoms with Crippen LogP contribution in [0.1, 0.15) is 31.4 Å². The van der Waals surface area contributed by atoms with Gasteiger partial charge in [0.25, 0.3) is 0 Å². The van der Waals surface area contributed by atoms with E-state index in [9.17, 15) is 9.59 Å². The summed E-state index contributed by atoms with van der Waals surface area (Å²) in [6.07, 6.45) is 1.91. The van der Waals surface area contributed by atoms with Crippen molar-refractivity contribution in [3.8, 4) is 6.07 Å². The van der Waals surface area contributed by atoms with Crippen LogP contribution in [0.5, 0.6) is 0 Å². The molecule has 0 bridgehead atoms. The predicted octanol–water partition coefficient (Wildman–Crippen LogP) is 2.55. The molecule has 1 atom stereocenters. The summed E-state index contributed by atoms with van der Waals surface area (Å²) in [5.74, 6) is -0.237. The first-order valence-electron chi connectivity index (χ1n) is 7.33.